The molecule has 0 spiro atoms. The molecule has 0 saturated carbocycles. The van der Waals surface area contributed by atoms with E-state index < -0.39 is 0 Å². The van der Waals surface area contributed by atoms with E-state index in [2.05, 4.69) is 56.1 Å². The summed E-state index contributed by atoms with van der Waals surface area (Å²) >= 11 is 0. The third kappa shape index (κ3) is 1.99. The highest BCUT2D eigenvalue weighted by Gasteiger charge is 2.10. The lowest BCUT2D eigenvalue weighted by molar-refractivity contribution is 0.825. The summed E-state index contributed by atoms with van der Waals surface area (Å²) in [5.41, 5.74) is 5.03. The van der Waals surface area contributed by atoms with Crippen LogP contribution in [0.1, 0.15) is 31.0 Å². The molecule has 1 heterocycles. The zero-order valence-corrected chi connectivity index (χ0v) is 10.1. The van der Waals surface area contributed by atoms with Crippen molar-refractivity contribution in [3.05, 3.63) is 53.9 Å². The third-order valence-electron chi connectivity index (χ3n) is 2.82. The fourth-order valence-electron chi connectivity index (χ4n) is 1.98. The van der Waals surface area contributed by atoms with Crippen LogP contribution in [0, 0.1) is 6.92 Å². The van der Waals surface area contributed by atoms with Gasteiger partial charge in [-0.15, -0.1) is 0 Å². The summed E-state index contributed by atoms with van der Waals surface area (Å²) in [6, 6.07) is 12.6. The highest BCUT2D eigenvalue weighted by atomic mass is 14.7. The molecule has 0 aliphatic rings. The van der Waals surface area contributed by atoms with Crippen molar-refractivity contribution in [3.8, 4) is 11.1 Å². The molecular formula is C15H17N. The van der Waals surface area contributed by atoms with Gasteiger partial charge in [-0.2, -0.15) is 0 Å². The molecular weight excluding hydrogens is 194 g/mol. The van der Waals surface area contributed by atoms with Gasteiger partial charge in [-0.25, -0.2) is 0 Å². The monoisotopic (exact) mass is 211 g/mol. The molecule has 0 fully saturated rings. The van der Waals surface area contributed by atoms with Crippen LogP contribution in [0.25, 0.3) is 11.1 Å². The van der Waals surface area contributed by atoms with E-state index in [4.69, 9.17) is 0 Å². The zero-order chi connectivity index (χ0) is 11.5. The van der Waals surface area contributed by atoms with E-state index in [9.17, 15) is 0 Å². The average Bonchev–Trinajstić information content (AvgIpc) is 2.29. The summed E-state index contributed by atoms with van der Waals surface area (Å²) in [6.07, 6.45) is 1.87. The Morgan fingerprint density at radius 3 is 2.31 bits per heavy atom. The summed E-state index contributed by atoms with van der Waals surface area (Å²) in [7, 11) is 0. The van der Waals surface area contributed by atoms with Crippen molar-refractivity contribution in [1.82, 2.24) is 4.98 Å². The van der Waals surface area contributed by atoms with E-state index in [1.807, 2.05) is 12.3 Å². The summed E-state index contributed by atoms with van der Waals surface area (Å²) in [5.74, 6) is 0.454. The van der Waals surface area contributed by atoms with E-state index in [0.29, 0.717) is 5.92 Å². The average molecular weight is 211 g/mol. The summed E-state index contributed by atoms with van der Waals surface area (Å²) in [4.78, 5) is 4.50. The summed E-state index contributed by atoms with van der Waals surface area (Å²) < 4.78 is 0. The molecule has 1 aromatic heterocycles. The second kappa shape index (κ2) is 4.48. The van der Waals surface area contributed by atoms with E-state index in [1.54, 1.807) is 0 Å². The van der Waals surface area contributed by atoms with Crippen molar-refractivity contribution in [2.45, 2.75) is 26.7 Å². The van der Waals surface area contributed by atoms with Crippen molar-refractivity contribution >= 4 is 0 Å². The molecule has 0 bridgehead atoms. The van der Waals surface area contributed by atoms with Gasteiger partial charge in [-0.05, 0) is 30.0 Å². The minimum absolute atomic E-state index is 0.454. The van der Waals surface area contributed by atoms with Crippen LogP contribution in [0.15, 0.2) is 42.6 Å². The molecule has 2 aromatic rings. The number of aromatic nitrogens is 1. The maximum absolute atomic E-state index is 4.50. The number of nitrogens with zero attached hydrogens (tertiary/aromatic N) is 1. The Hall–Kier alpha value is -1.63. The Labute approximate surface area is 97.2 Å². The quantitative estimate of drug-likeness (QED) is 0.726. The van der Waals surface area contributed by atoms with Gasteiger partial charge in [-0.3, -0.25) is 4.98 Å². The summed E-state index contributed by atoms with van der Waals surface area (Å²) in [6.45, 7) is 6.51. The van der Waals surface area contributed by atoms with Gasteiger partial charge < -0.3 is 0 Å². The van der Waals surface area contributed by atoms with Crippen molar-refractivity contribution in [1.29, 1.82) is 0 Å². The second-order valence-electron chi connectivity index (χ2n) is 4.41. The van der Waals surface area contributed by atoms with Gasteiger partial charge in [-0.1, -0.05) is 44.2 Å². The molecule has 0 N–H and O–H groups in total. The first-order valence-corrected chi connectivity index (χ1v) is 5.71. The van der Waals surface area contributed by atoms with Gasteiger partial charge in [0.1, 0.15) is 0 Å². The number of pyridine rings is 1. The first-order chi connectivity index (χ1) is 7.70. The zero-order valence-electron chi connectivity index (χ0n) is 10.1. The van der Waals surface area contributed by atoms with Crippen molar-refractivity contribution in [3.63, 3.8) is 0 Å². The molecule has 0 aliphatic carbocycles. The Balaban J connectivity index is 2.60. The van der Waals surface area contributed by atoms with Gasteiger partial charge in [0.25, 0.3) is 0 Å². The third-order valence-corrected chi connectivity index (χ3v) is 2.82. The van der Waals surface area contributed by atoms with E-state index in [0.717, 1.165) is 0 Å². The Kier molecular flexibility index (Phi) is 3.04. The Morgan fingerprint density at radius 1 is 0.938 bits per heavy atom. The predicted molar refractivity (Wildman–Crippen MR) is 68.5 cm³/mol. The molecule has 0 amide bonds. The molecule has 1 aromatic carbocycles. The Bertz CT molecular complexity index is 486. The molecule has 1 heteroatoms. The number of aryl methyl sites for hydroxylation is 1. The molecule has 0 radical (unpaired) electrons. The van der Waals surface area contributed by atoms with Crippen molar-refractivity contribution in [2.75, 3.05) is 0 Å². The van der Waals surface area contributed by atoms with Crippen LogP contribution >= 0.6 is 0 Å². The molecule has 0 atom stereocenters. The van der Waals surface area contributed by atoms with Crippen LogP contribution in [0.5, 0.6) is 0 Å². The SMILES string of the molecule is Cc1ccccc1-c1cccnc1C(C)C. The Morgan fingerprint density at radius 2 is 1.62 bits per heavy atom. The van der Waals surface area contributed by atoms with E-state index in [1.165, 1.54) is 22.4 Å². The highest BCUT2D eigenvalue weighted by molar-refractivity contribution is 5.69. The number of rotatable bonds is 2. The van der Waals surface area contributed by atoms with Crippen molar-refractivity contribution in [2.24, 2.45) is 0 Å². The first-order valence-electron chi connectivity index (χ1n) is 5.71. The lowest BCUT2D eigenvalue weighted by atomic mass is 9.95. The van der Waals surface area contributed by atoms with Crippen LogP contribution < -0.4 is 0 Å². The van der Waals surface area contributed by atoms with Crippen molar-refractivity contribution < 1.29 is 0 Å². The van der Waals surface area contributed by atoms with E-state index in [-0.39, 0.29) is 0 Å². The molecule has 0 saturated heterocycles. The van der Waals surface area contributed by atoms with Gasteiger partial charge in [0.2, 0.25) is 0 Å². The molecule has 0 aliphatic heterocycles. The minimum atomic E-state index is 0.454. The summed E-state index contributed by atoms with van der Waals surface area (Å²) in [5, 5.41) is 0. The normalized spacial score (nSPS) is 10.8. The smallest absolute Gasteiger partial charge is 0.0507 e. The van der Waals surface area contributed by atoms with Crippen LogP contribution in [-0.4, -0.2) is 4.98 Å². The molecule has 16 heavy (non-hydrogen) atoms. The van der Waals surface area contributed by atoms with Crippen LogP contribution in [0.2, 0.25) is 0 Å². The van der Waals surface area contributed by atoms with Crippen LogP contribution in [-0.2, 0) is 0 Å². The van der Waals surface area contributed by atoms with Gasteiger partial charge in [0.15, 0.2) is 0 Å². The van der Waals surface area contributed by atoms with Gasteiger partial charge in [0.05, 0.1) is 5.69 Å². The largest absolute Gasteiger partial charge is 0.260 e. The minimum Gasteiger partial charge on any atom is -0.260 e. The standard InChI is InChI=1S/C15H17N/c1-11(2)15-14(9-6-10-16-15)13-8-5-4-7-12(13)3/h4-11H,1-3H3. The lowest BCUT2D eigenvalue weighted by Gasteiger charge is -2.13. The molecule has 82 valence electrons. The topological polar surface area (TPSA) is 12.9 Å². The van der Waals surface area contributed by atoms with Gasteiger partial charge in [0, 0.05) is 11.8 Å². The lowest BCUT2D eigenvalue weighted by Crippen LogP contribution is -1.96. The van der Waals surface area contributed by atoms with Gasteiger partial charge >= 0.3 is 0 Å². The first kappa shape index (κ1) is 10.9. The fourth-order valence-corrected chi connectivity index (χ4v) is 1.98. The second-order valence-corrected chi connectivity index (χ2v) is 4.41. The van der Waals surface area contributed by atoms with Crippen LogP contribution in [0.3, 0.4) is 0 Å². The molecule has 0 unspecified atom stereocenters. The fraction of sp³-hybridized carbons (Fsp3) is 0.267. The number of hydrogen-bond acceptors (Lipinski definition) is 1. The predicted octanol–water partition coefficient (Wildman–Crippen LogP) is 4.18. The van der Waals surface area contributed by atoms with E-state index >= 15 is 0 Å². The maximum atomic E-state index is 4.50. The highest BCUT2D eigenvalue weighted by Crippen LogP contribution is 2.29. The number of hydrogen-bond donors (Lipinski definition) is 0. The maximum Gasteiger partial charge on any atom is 0.0507 e. The molecule has 1 nitrogen and oxygen atoms in total. The van der Waals surface area contributed by atoms with Crippen LogP contribution in [0.4, 0.5) is 0 Å². The molecule has 2 rings (SSSR count). The number of benzene rings is 1.